The van der Waals surface area contributed by atoms with Crippen LogP contribution in [-0.4, -0.2) is 13.2 Å². The number of nitrogens with two attached hydrogens (primary N) is 1. The van der Waals surface area contributed by atoms with Crippen molar-refractivity contribution in [2.45, 2.75) is 32.6 Å². The molecule has 2 aliphatic rings. The van der Waals surface area contributed by atoms with E-state index in [1.807, 2.05) is 32.1 Å². The van der Waals surface area contributed by atoms with Gasteiger partial charge in [0.2, 0.25) is 0 Å². The molecular formula is C22H22N4O2. The Hall–Kier alpha value is -3.43. The summed E-state index contributed by atoms with van der Waals surface area (Å²) < 4.78 is 11.5. The molecule has 0 spiro atoms. The lowest BCUT2D eigenvalue weighted by molar-refractivity contribution is 0.300. The molecule has 2 aliphatic carbocycles. The molecule has 142 valence electrons. The summed E-state index contributed by atoms with van der Waals surface area (Å²) in [5, 5.41) is 29.8. The number of ether oxygens (including phenoxy) is 2. The summed E-state index contributed by atoms with van der Waals surface area (Å²) in [4.78, 5) is 0. The summed E-state index contributed by atoms with van der Waals surface area (Å²) in [7, 11) is 0. The van der Waals surface area contributed by atoms with Gasteiger partial charge in [-0.2, -0.15) is 15.8 Å². The molecule has 6 heteroatoms. The molecular weight excluding hydrogens is 352 g/mol. The number of fused-ring (bicyclic) bond motifs is 1. The van der Waals surface area contributed by atoms with E-state index < -0.39 is 11.3 Å². The quantitative estimate of drug-likeness (QED) is 0.840. The third-order valence-corrected chi connectivity index (χ3v) is 5.48. The van der Waals surface area contributed by atoms with E-state index in [0.717, 1.165) is 18.4 Å². The maximum absolute atomic E-state index is 10.1. The van der Waals surface area contributed by atoms with Gasteiger partial charge in [-0.25, -0.2) is 0 Å². The predicted molar refractivity (Wildman–Crippen MR) is 103 cm³/mol. The van der Waals surface area contributed by atoms with Crippen molar-refractivity contribution in [1.82, 2.24) is 0 Å². The lowest BCUT2D eigenvalue weighted by Crippen LogP contribution is -2.41. The van der Waals surface area contributed by atoms with Crippen molar-refractivity contribution in [1.29, 1.82) is 15.8 Å². The van der Waals surface area contributed by atoms with Crippen LogP contribution in [0.15, 0.2) is 41.1 Å². The third-order valence-electron chi connectivity index (χ3n) is 5.48. The Labute approximate surface area is 165 Å². The third kappa shape index (κ3) is 2.77. The topological polar surface area (TPSA) is 116 Å². The van der Waals surface area contributed by atoms with Crippen molar-refractivity contribution in [3.63, 3.8) is 0 Å². The van der Waals surface area contributed by atoms with Crippen molar-refractivity contribution >= 4 is 0 Å². The molecule has 2 atom stereocenters. The van der Waals surface area contributed by atoms with E-state index in [1.165, 1.54) is 0 Å². The smallest absolute Gasteiger partial charge is 0.191 e. The Bertz CT molecular complexity index is 958. The predicted octanol–water partition coefficient (Wildman–Crippen LogP) is 3.69. The molecule has 0 saturated heterocycles. The minimum absolute atomic E-state index is 0.0265. The van der Waals surface area contributed by atoms with Crippen molar-refractivity contribution in [3.8, 4) is 29.7 Å². The van der Waals surface area contributed by atoms with Crippen molar-refractivity contribution < 1.29 is 9.47 Å². The number of nitriles is 3. The highest BCUT2D eigenvalue weighted by molar-refractivity contribution is 5.61. The van der Waals surface area contributed by atoms with E-state index >= 15 is 0 Å². The van der Waals surface area contributed by atoms with E-state index in [4.69, 9.17) is 15.2 Å². The largest absolute Gasteiger partial charge is 0.494 e. The van der Waals surface area contributed by atoms with Crippen molar-refractivity contribution in [2.24, 2.45) is 17.1 Å². The van der Waals surface area contributed by atoms with Gasteiger partial charge in [0.15, 0.2) is 5.41 Å². The number of hydrogen-bond acceptors (Lipinski definition) is 6. The van der Waals surface area contributed by atoms with Gasteiger partial charge in [-0.1, -0.05) is 6.08 Å². The number of hydrogen-bond donors (Lipinski definition) is 1. The monoisotopic (exact) mass is 374 g/mol. The second kappa shape index (κ2) is 7.67. The molecule has 0 unspecified atom stereocenters. The first kappa shape index (κ1) is 19.3. The van der Waals surface area contributed by atoms with Crippen LogP contribution in [0.4, 0.5) is 0 Å². The first-order valence-electron chi connectivity index (χ1n) is 9.40. The molecule has 0 heterocycles. The number of rotatable bonds is 5. The first-order valence-corrected chi connectivity index (χ1v) is 9.40. The molecule has 3 rings (SSSR count). The van der Waals surface area contributed by atoms with Gasteiger partial charge in [0.05, 0.1) is 36.6 Å². The summed E-state index contributed by atoms with van der Waals surface area (Å²) in [5.74, 6) is 0.542. The molecule has 0 amide bonds. The van der Waals surface area contributed by atoms with Crippen LogP contribution in [-0.2, 0) is 0 Å². The number of allylic oxidation sites excluding steroid dienone is 4. The SMILES string of the molecule is CCOc1ccc(OCC)c([C@@H]2[C@H]3CCC=C3C(C#N)=C(N)C2(C#N)C#N)c1. The second-order valence-corrected chi connectivity index (χ2v) is 6.82. The lowest BCUT2D eigenvalue weighted by atomic mass is 9.59. The van der Waals surface area contributed by atoms with Crippen molar-refractivity contribution in [2.75, 3.05) is 13.2 Å². The fraction of sp³-hybridized carbons (Fsp3) is 0.409. The summed E-state index contributed by atoms with van der Waals surface area (Å²) in [6, 6.07) is 11.9. The average molecular weight is 374 g/mol. The maximum Gasteiger partial charge on any atom is 0.191 e. The molecule has 28 heavy (non-hydrogen) atoms. The van der Waals surface area contributed by atoms with E-state index in [-0.39, 0.29) is 17.2 Å². The zero-order valence-corrected chi connectivity index (χ0v) is 16.0. The zero-order valence-electron chi connectivity index (χ0n) is 16.0. The molecule has 0 radical (unpaired) electrons. The number of benzene rings is 1. The van der Waals surface area contributed by atoms with Gasteiger partial charge in [0.25, 0.3) is 0 Å². The van der Waals surface area contributed by atoms with Crippen LogP contribution in [0, 0.1) is 45.3 Å². The van der Waals surface area contributed by atoms with Crippen LogP contribution in [0.5, 0.6) is 11.5 Å². The highest BCUT2D eigenvalue weighted by Crippen LogP contribution is 2.58. The van der Waals surface area contributed by atoms with Crippen LogP contribution in [0.2, 0.25) is 0 Å². The van der Waals surface area contributed by atoms with Crippen molar-refractivity contribution in [3.05, 3.63) is 46.7 Å². The Kier molecular flexibility index (Phi) is 5.30. The summed E-state index contributed by atoms with van der Waals surface area (Å²) >= 11 is 0. The molecule has 2 N–H and O–H groups in total. The van der Waals surface area contributed by atoms with E-state index in [2.05, 4.69) is 18.2 Å². The fourth-order valence-corrected chi connectivity index (χ4v) is 4.35. The molecule has 0 aromatic heterocycles. The average Bonchev–Trinajstić information content (AvgIpc) is 3.18. The van der Waals surface area contributed by atoms with E-state index in [1.54, 1.807) is 6.07 Å². The molecule has 6 nitrogen and oxygen atoms in total. The Morgan fingerprint density at radius 3 is 2.46 bits per heavy atom. The summed E-state index contributed by atoms with van der Waals surface area (Å²) in [6.07, 6.45) is 3.51. The zero-order chi connectivity index (χ0) is 20.3. The molecule has 0 fully saturated rings. The summed E-state index contributed by atoms with van der Waals surface area (Å²) in [6.45, 7) is 4.71. The van der Waals surface area contributed by atoms with Gasteiger partial charge in [-0.3, -0.25) is 0 Å². The standard InChI is InChI=1S/C22H22N4O2/c1-3-27-14-8-9-19(28-4-2)17(10-14)20-16-7-5-6-15(16)18(11-23)21(26)22(20,12-24)13-25/h6,8-10,16,20H,3-5,7,26H2,1-2H3/t16-,20-/m0/s1. The van der Waals surface area contributed by atoms with Gasteiger partial charge >= 0.3 is 0 Å². The van der Waals surface area contributed by atoms with Gasteiger partial charge in [0, 0.05) is 11.5 Å². The maximum atomic E-state index is 10.1. The van der Waals surface area contributed by atoms with Crippen LogP contribution >= 0.6 is 0 Å². The van der Waals surface area contributed by atoms with E-state index in [0.29, 0.717) is 30.3 Å². The van der Waals surface area contributed by atoms with E-state index in [9.17, 15) is 15.8 Å². The summed E-state index contributed by atoms with van der Waals surface area (Å²) in [5.41, 5.74) is 6.49. The highest BCUT2D eigenvalue weighted by Gasteiger charge is 2.55. The van der Waals surface area contributed by atoms with Crippen LogP contribution in [0.25, 0.3) is 0 Å². The molecule has 0 bridgehead atoms. The number of nitrogens with zero attached hydrogens (tertiary/aromatic N) is 3. The highest BCUT2D eigenvalue weighted by atomic mass is 16.5. The van der Waals surface area contributed by atoms with Gasteiger partial charge in [0.1, 0.15) is 17.6 Å². The van der Waals surface area contributed by atoms with Gasteiger partial charge < -0.3 is 15.2 Å². The normalized spacial score (nSPS) is 22.3. The van der Waals surface area contributed by atoms with Crippen LogP contribution in [0.3, 0.4) is 0 Å². The lowest BCUT2D eigenvalue weighted by Gasteiger charge is -2.40. The molecule has 1 aromatic carbocycles. The minimum atomic E-state index is -1.64. The van der Waals surface area contributed by atoms with Crippen LogP contribution in [0.1, 0.15) is 38.2 Å². The van der Waals surface area contributed by atoms with Crippen LogP contribution < -0.4 is 15.2 Å². The molecule has 0 saturated carbocycles. The Morgan fingerprint density at radius 1 is 1.14 bits per heavy atom. The fourth-order valence-electron chi connectivity index (χ4n) is 4.35. The van der Waals surface area contributed by atoms with Gasteiger partial charge in [-0.05, 0) is 56.4 Å². The second-order valence-electron chi connectivity index (χ2n) is 6.82. The minimum Gasteiger partial charge on any atom is -0.494 e. The Morgan fingerprint density at radius 2 is 1.86 bits per heavy atom. The Balaban J connectivity index is 2.31. The first-order chi connectivity index (χ1) is 13.6. The van der Waals surface area contributed by atoms with Gasteiger partial charge in [-0.15, -0.1) is 0 Å². The molecule has 0 aliphatic heterocycles. The molecule has 1 aromatic rings.